The number of rotatable bonds is 3. The van der Waals surface area contributed by atoms with Gasteiger partial charge in [-0.05, 0) is 56.6 Å². The predicted octanol–water partition coefficient (Wildman–Crippen LogP) is 4.62. The lowest BCUT2D eigenvalue weighted by Gasteiger charge is -2.41. The highest BCUT2D eigenvalue weighted by atomic mass is 35.5. The third-order valence-electron chi connectivity index (χ3n) is 5.93. The minimum absolute atomic E-state index is 0.655. The van der Waals surface area contributed by atoms with Crippen LogP contribution in [0.3, 0.4) is 0 Å². The van der Waals surface area contributed by atoms with Crippen molar-refractivity contribution in [2.24, 2.45) is 11.8 Å². The number of hydrogen-bond acceptors (Lipinski definition) is 5. The van der Waals surface area contributed by atoms with Crippen LogP contribution in [0, 0.1) is 18.8 Å². The van der Waals surface area contributed by atoms with Crippen LogP contribution in [-0.2, 0) is 0 Å². The van der Waals surface area contributed by atoms with Crippen LogP contribution in [0.1, 0.15) is 31.5 Å². The summed E-state index contributed by atoms with van der Waals surface area (Å²) in [6, 6.07) is 3.94. The molecule has 0 atom stereocenters. The number of pyridine rings is 1. The first-order valence-electron chi connectivity index (χ1n) is 9.71. The van der Waals surface area contributed by atoms with E-state index >= 15 is 0 Å². The van der Waals surface area contributed by atoms with E-state index < -0.39 is 0 Å². The molecule has 144 valence electrons. The Morgan fingerprint density at radius 2 is 1.48 bits per heavy atom. The fourth-order valence-electron chi connectivity index (χ4n) is 4.40. The summed E-state index contributed by atoms with van der Waals surface area (Å²) in [5.74, 6) is 4.31. The van der Waals surface area contributed by atoms with Crippen LogP contribution >= 0.6 is 23.2 Å². The van der Waals surface area contributed by atoms with Gasteiger partial charge in [0.05, 0.1) is 11.2 Å². The Balaban J connectivity index is 1.30. The van der Waals surface area contributed by atoms with Gasteiger partial charge in [-0.15, -0.1) is 0 Å². The smallest absolute Gasteiger partial charge is 0.151 e. The molecule has 0 N–H and O–H groups in total. The Hall–Kier alpha value is -1.59. The molecule has 0 aliphatic carbocycles. The monoisotopic (exact) mass is 405 g/mol. The van der Waals surface area contributed by atoms with Crippen LogP contribution in [0.25, 0.3) is 0 Å². The van der Waals surface area contributed by atoms with Crippen molar-refractivity contribution in [3.05, 3.63) is 40.4 Å². The minimum Gasteiger partial charge on any atom is -0.357 e. The molecule has 2 aromatic rings. The number of hydrogen-bond donors (Lipinski definition) is 0. The number of anilines is 2. The highest BCUT2D eigenvalue weighted by molar-refractivity contribution is 6.32. The van der Waals surface area contributed by atoms with Crippen molar-refractivity contribution in [1.29, 1.82) is 0 Å². The van der Waals surface area contributed by atoms with Crippen LogP contribution < -0.4 is 9.80 Å². The van der Waals surface area contributed by atoms with Crippen molar-refractivity contribution in [3.8, 4) is 0 Å². The first-order valence-corrected chi connectivity index (χ1v) is 10.5. The number of piperidine rings is 2. The Labute approximate surface area is 170 Å². The summed E-state index contributed by atoms with van der Waals surface area (Å²) >= 11 is 12.3. The summed E-state index contributed by atoms with van der Waals surface area (Å²) in [5.41, 5.74) is 0. The van der Waals surface area contributed by atoms with Gasteiger partial charge in [-0.2, -0.15) is 0 Å². The molecule has 2 fully saturated rings. The van der Waals surface area contributed by atoms with Gasteiger partial charge in [-0.25, -0.2) is 15.0 Å². The SMILES string of the molecule is Cc1ncc(Cl)c(N2CCC(C3CCN(c4ccc(Cl)cn4)CC3)CC2)n1. The topological polar surface area (TPSA) is 45.2 Å². The molecule has 7 heteroatoms. The quantitative estimate of drug-likeness (QED) is 0.744. The zero-order chi connectivity index (χ0) is 18.8. The van der Waals surface area contributed by atoms with Crippen LogP contribution in [0.2, 0.25) is 10.0 Å². The lowest BCUT2D eigenvalue weighted by molar-refractivity contribution is 0.232. The Kier molecular flexibility index (Phi) is 5.69. The maximum Gasteiger partial charge on any atom is 0.151 e. The molecular formula is C20H25Cl2N5. The maximum atomic E-state index is 6.31. The van der Waals surface area contributed by atoms with E-state index in [1.807, 2.05) is 19.1 Å². The molecular weight excluding hydrogens is 381 g/mol. The molecule has 2 aliphatic heterocycles. The van der Waals surface area contributed by atoms with E-state index in [0.29, 0.717) is 10.0 Å². The third kappa shape index (κ3) is 4.30. The lowest BCUT2D eigenvalue weighted by atomic mass is 9.79. The average Bonchev–Trinajstić information content (AvgIpc) is 2.71. The van der Waals surface area contributed by atoms with Crippen LogP contribution in [0.5, 0.6) is 0 Å². The van der Waals surface area contributed by atoms with Gasteiger partial charge in [0.25, 0.3) is 0 Å². The summed E-state index contributed by atoms with van der Waals surface area (Å²) in [6.45, 7) is 6.13. The largest absolute Gasteiger partial charge is 0.357 e. The van der Waals surface area contributed by atoms with E-state index in [2.05, 4.69) is 24.8 Å². The maximum absolute atomic E-state index is 6.31. The standard InChI is InChI=1S/C20H25Cl2N5/c1-14-23-13-18(22)20(25-14)27-10-6-16(7-11-27)15-4-8-26(9-5-15)19-3-2-17(21)12-24-19/h2-3,12-13,15-16H,4-11H2,1H3. The van der Waals surface area contributed by atoms with Gasteiger partial charge in [-0.1, -0.05) is 23.2 Å². The van der Waals surface area contributed by atoms with Crippen molar-refractivity contribution < 1.29 is 0 Å². The summed E-state index contributed by atoms with van der Waals surface area (Å²) in [4.78, 5) is 17.9. The fourth-order valence-corrected chi connectivity index (χ4v) is 4.73. The highest BCUT2D eigenvalue weighted by Gasteiger charge is 2.30. The fraction of sp³-hybridized carbons (Fsp3) is 0.550. The minimum atomic E-state index is 0.655. The molecule has 2 aliphatic rings. The molecule has 2 aromatic heterocycles. The van der Waals surface area contributed by atoms with Crippen molar-refractivity contribution in [2.45, 2.75) is 32.6 Å². The zero-order valence-electron chi connectivity index (χ0n) is 15.6. The van der Waals surface area contributed by atoms with E-state index in [1.165, 1.54) is 25.7 Å². The summed E-state index contributed by atoms with van der Waals surface area (Å²) < 4.78 is 0. The summed E-state index contributed by atoms with van der Waals surface area (Å²) in [7, 11) is 0. The van der Waals surface area contributed by atoms with Crippen molar-refractivity contribution in [3.63, 3.8) is 0 Å². The highest BCUT2D eigenvalue weighted by Crippen LogP contribution is 2.35. The molecule has 0 aromatic carbocycles. The number of aromatic nitrogens is 3. The van der Waals surface area contributed by atoms with Gasteiger partial charge in [0.1, 0.15) is 16.7 Å². The Morgan fingerprint density at radius 3 is 2.07 bits per heavy atom. The molecule has 2 saturated heterocycles. The molecule has 0 amide bonds. The molecule has 0 unspecified atom stereocenters. The molecule has 0 radical (unpaired) electrons. The van der Waals surface area contributed by atoms with Gasteiger partial charge in [0.15, 0.2) is 5.82 Å². The number of aryl methyl sites for hydroxylation is 1. The molecule has 0 spiro atoms. The molecule has 0 bridgehead atoms. The van der Waals surface area contributed by atoms with E-state index in [1.54, 1.807) is 12.4 Å². The van der Waals surface area contributed by atoms with Crippen LogP contribution in [-0.4, -0.2) is 41.1 Å². The van der Waals surface area contributed by atoms with Gasteiger partial charge >= 0.3 is 0 Å². The Morgan fingerprint density at radius 1 is 0.852 bits per heavy atom. The third-order valence-corrected chi connectivity index (χ3v) is 6.42. The number of nitrogens with zero attached hydrogens (tertiary/aromatic N) is 5. The van der Waals surface area contributed by atoms with Crippen molar-refractivity contribution in [2.75, 3.05) is 36.0 Å². The second-order valence-corrected chi connectivity index (χ2v) is 8.42. The first-order chi connectivity index (χ1) is 13.1. The zero-order valence-corrected chi connectivity index (χ0v) is 17.1. The molecule has 27 heavy (non-hydrogen) atoms. The van der Waals surface area contributed by atoms with E-state index in [0.717, 1.165) is 55.5 Å². The van der Waals surface area contributed by atoms with E-state index in [-0.39, 0.29) is 0 Å². The average molecular weight is 406 g/mol. The normalized spacial score (nSPS) is 19.5. The lowest BCUT2D eigenvalue weighted by Crippen LogP contribution is -2.41. The van der Waals surface area contributed by atoms with Gasteiger partial charge in [0.2, 0.25) is 0 Å². The summed E-state index contributed by atoms with van der Waals surface area (Å²) in [5, 5.41) is 1.35. The second-order valence-electron chi connectivity index (χ2n) is 7.57. The van der Waals surface area contributed by atoms with E-state index in [9.17, 15) is 0 Å². The van der Waals surface area contributed by atoms with Crippen molar-refractivity contribution >= 4 is 34.8 Å². The molecule has 4 rings (SSSR count). The predicted molar refractivity (Wildman–Crippen MR) is 111 cm³/mol. The summed E-state index contributed by atoms with van der Waals surface area (Å²) in [6.07, 6.45) is 8.35. The van der Waals surface area contributed by atoms with Gasteiger partial charge < -0.3 is 9.80 Å². The molecule has 4 heterocycles. The van der Waals surface area contributed by atoms with Gasteiger partial charge in [-0.3, -0.25) is 0 Å². The van der Waals surface area contributed by atoms with Crippen LogP contribution in [0.15, 0.2) is 24.5 Å². The Bertz CT molecular complexity index is 766. The van der Waals surface area contributed by atoms with Crippen molar-refractivity contribution in [1.82, 2.24) is 15.0 Å². The number of halogens is 2. The van der Waals surface area contributed by atoms with E-state index in [4.69, 9.17) is 23.2 Å². The van der Waals surface area contributed by atoms with Crippen LogP contribution in [0.4, 0.5) is 11.6 Å². The van der Waals surface area contributed by atoms with Gasteiger partial charge in [0, 0.05) is 32.4 Å². The molecule has 0 saturated carbocycles. The molecule has 5 nitrogen and oxygen atoms in total. The first kappa shape index (κ1) is 18.8. The second kappa shape index (κ2) is 8.19.